The largest absolute Gasteiger partial charge is 0.481 e. The van der Waals surface area contributed by atoms with Crippen LogP contribution in [0.3, 0.4) is 0 Å². The summed E-state index contributed by atoms with van der Waals surface area (Å²) in [7, 11) is 0. The van der Waals surface area contributed by atoms with Crippen molar-refractivity contribution in [3.8, 4) is 0 Å². The lowest BCUT2D eigenvalue weighted by Gasteiger charge is -2.34. The summed E-state index contributed by atoms with van der Waals surface area (Å²) in [6, 6.07) is -0.122. The molecule has 6 heteroatoms. The van der Waals surface area contributed by atoms with Gasteiger partial charge in [-0.1, -0.05) is 6.92 Å². The van der Waals surface area contributed by atoms with Crippen molar-refractivity contribution in [3.63, 3.8) is 0 Å². The number of hydrogen-bond donors (Lipinski definition) is 2. The fourth-order valence-electron chi connectivity index (χ4n) is 2.46. The van der Waals surface area contributed by atoms with Gasteiger partial charge in [0.05, 0.1) is 5.41 Å². The second-order valence-electron chi connectivity index (χ2n) is 5.57. The van der Waals surface area contributed by atoms with E-state index in [-0.39, 0.29) is 12.6 Å². The van der Waals surface area contributed by atoms with E-state index >= 15 is 0 Å². The highest BCUT2D eigenvalue weighted by Crippen LogP contribution is 2.45. The monoisotopic (exact) mass is 269 g/mol. The van der Waals surface area contributed by atoms with E-state index < -0.39 is 11.4 Å². The molecule has 2 fully saturated rings. The number of carboxylic acids is 1. The van der Waals surface area contributed by atoms with Gasteiger partial charge in [0, 0.05) is 32.7 Å². The lowest BCUT2D eigenvalue weighted by molar-refractivity contribution is -0.143. The van der Waals surface area contributed by atoms with Crippen LogP contribution in [0.1, 0.15) is 26.2 Å². The summed E-state index contributed by atoms with van der Waals surface area (Å²) in [5, 5.41) is 11.8. The average Bonchev–Trinajstić information content (AvgIpc) is 3.18. The summed E-state index contributed by atoms with van der Waals surface area (Å²) >= 11 is 0. The van der Waals surface area contributed by atoms with Gasteiger partial charge in [-0.25, -0.2) is 4.79 Å². The highest BCUT2D eigenvalue weighted by molar-refractivity contribution is 5.80. The number of urea groups is 1. The van der Waals surface area contributed by atoms with Crippen LogP contribution >= 0.6 is 0 Å². The quantitative estimate of drug-likeness (QED) is 0.766. The van der Waals surface area contributed by atoms with Gasteiger partial charge in [-0.15, -0.1) is 0 Å². The maximum atomic E-state index is 12.0. The number of piperazine rings is 1. The minimum absolute atomic E-state index is 0.122. The normalized spacial score (nSPS) is 22.1. The van der Waals surface area contributed by atoms with Crippen molar-refractivity contribution in [2.75, 3.05) is 39.3 Å². The van der Waals surface area contributed by atoms with Crippen LogP contribution in [0, 0.1) is 5.41 Å². The molecule has 0 aromatic rings. The van der Waals surface area contributed by atoms with Crippen LogP contribution in [0.4, 0.5) is 4.79 Å². The Morgan fingerprint density at radius 3 is 2.32 bits per heavy atom. The first kappa shape index (κ1) is 14.1. The second-order valence-corrected chi connectivity index (χ2v) is 5.57. The van der Waals surface area contributed by atoms with Crippen LogP contribution < -0.4 is 5.32 Å². The minimum atomic E-state index is -0.791. The second kappa shape index (κ2) is 5.77. The molecule has 0 unspecified atom stereocenters. The Morgan fingerprint density at radius 2 is 1.84 bits per heavy atom. The third-order valence-electron chi connectivity index (χ3n) is 4.08. The molecule has 2 N–H and O–H groups in total. The zero-order valence-electron chi connectivity index (χ0n) is 11.5. The summed E-state index contributed by atoms with van der Waals surface area (Å²) in [4.78, 5) is 27.1. The van der Waals surface area contributed by atoms with Crippen molar-refractivity contribution in [1.29, 1.82) is 0 Å². The van der Waals surface area contributed by atoms with Gasteiger partial charge in [-0.05, 0) is 25.8 Å². The third kappa shape index (κ3) is 3.37. The molecule has 0 atom stereocenters. The van der Waals surface area contributed by atoms with E-state index in [4.69, 9.17) is 5.11 Å². The highest BCUT2D eigenvalue weighted by Gasteiger charge is 2.50. The molecule has 1 aliphatic heterocycles. The van der Waals surface area contributed by atoms with Crippen molar-refractivity contribution in [2.45, 2.75) is 26.2 Å². The number of carbonyl (C=O) groups is 2. The molecule has 0 aromatic heterocycles. The summed E-state index contributed by atoms with van der Waals surface area (Å²) in [5.41, 5.74) is -0.681. The number of hydrogen-bond acceptors (Lipinski definition) is 3. The Labute approximate surface area is 113 Å². The van der Waals surface area contributed by atoms with Crippen LogP contribution in [-0.4, -0.2) is 66.2 Å². The SMILES string of the molecule is CCCN1CCN(C(=O)NCC2(C(=O)O)CC2)CC1. The number of rotatable bonds is 5. The first-order valence-electron chi connectivity index (χ1n) is 7.06. The molecule has 0 spiro atoms. The molecule has 0 radical (unpaired) electrons. The van der Waals surface area contributed by atoms with Crippen molar-refractivity contribution in [2.24, 2.45) is 5.41 Å². The Kier molecular flexibility index (Phi) is 4.29. The predicted octanol–water partition coefficient (Wildman–Crippen LogP) is 0.588. The van der Waals surface area contributed by atoms with Gasteiger partial charge in [0.2, 0.25) is 0 Å². The number of nitrogens with zero attached hydrogens (tertiary/aromatic N) is 2. The van der Waals surface area contributed by atoms with E-state index in [9.17, 15) is 9.59 Å². The molecule has 1 saturated heterocycles. The van der Waals surface area contributed by atoms with Crippen LogP contribution in [0.5, 0.6) is 0 Å². The molecule has 108 valence electrons. The number of aliphatic carboxylic acids is 1. The molecular formula is C13H23N3O3. The van der Waals surface area contributed by atoms with E-state index in [1.165, 1.54) is 0 Å². The van der Waals surface area contributed by atoms with Crippen LogP contribution in [-0.2, 0) is 4.79 Å². The maximum absolute atomic E-state index is 12.0. The van der Waals surface area contributed by atoms with Crippen LogP contribution in [0.15, 0.2) is 0 Å². The maximum Gasteiger partial charge on any atom is 0.317 e. The lowest BCUT2D eigenvalue weighted by atomic mass is 10.1. The van der Waals surface area contributed by atoms with Crippen molar-refractivity contribution >= 4 is 12.0 Å². The molecule has 0 bridgehead atoms. The van der Waals surface area contributed by atoms with Gasteiger partial charge in [-0.3, -0.25) is 9.69 Å². The molecule has 19 heavy (non-hydrogen) atoms. The van der Waals surface area contributed by atoms with Crippen molar-refractivity contribution in [3.05, 3.63) is 0 Å². The van der Waals surface area contributed by atoms with Gasteiger partial charge in [0.1, 0.15) is 0 Å². The molecule has 2 rings (SSSR count). The Hall–Kier alpha value is -1.30. The molecule has 1 aliphatic carbocycles. The molecule has 0 aromatic carbocycles. The third-order valence-corrected chi connectivity index (χ3v) is 4.08. The molecule has 2 aliphatic rings. The Balaban J connectivity index is 1.71. The number of nitrogens with one attached hydrogen (secondary N) is 1. The van der Waals surface area contributed by atoms with Crippen LogP contribution in [0.2, 0.25) is 0 Å². The van der Waals surface area contributed by atoms with Gasteiger partial charge < -0.3 is 15.3 Å². The zero-order valence-corrected chi connectivity index (χ0v) is 11.5. The summed E-state index contributed by atoms with van der Waals surface area (Å²) < 4.78 is 0. The highest BCUT2D eigenvalue weighted by atomic mass is 16.4. The molecule has 6 nitrogen and oxygen atoms in total. The fourth-order valence-corrected chi connectivity index (χ4v) is 2.46. The Morgan fingerprint density at radius 1 is 1.21 bits per heavy atom. The molecule has 2 amide bonds. The molecule has 1 saturated carbocycles. The van der Waals surface area contributed by atoms with Crippen molar-refractivity contribution in [1.82, 2.24) is 15.1 Å². The first-order valence-corrected chi connectivity index (χ1v) is 7.06. The van der Waals surface area contributed by atoms with Gasteiger partial charge in [0.15, 0.2) is 0 Å². The van der Waals surface area contributed by atoms with Crippen molar-refractivity contribution < 1.29 is 14.7 Å². The lowest BCUT2D eigenvalue weighted by Crippen LogP contribution is -2.52. The number of carbonyl (C=O) groups excluding carboxylic acids is 1. The minimum Gasteiger partial charge on any atom is -0.481 e. The van der Waals surface area contributed by atoms with E-state index in [0.717, 1.165) is 39.1 Å². The summed E-state index contributed by atoms with van der Waals surface area (Å²) in [5.74, 6) is -0.791. The zero-order chi connectivity index (χ0) is 13.9. The first-order chi connectivity index (χ1) is 9.07. The fraction of sp³-hybridized carbons (Fsp3) is 0.846. The number of amides is 2. The standard InChI is InChI=1S/C13H23N3O3/c1-2-5-15-6-8-16(9-7-15)12(19)14-10-13(3-4-13)11(17)18/h2-10H2,1H3,(H,14,19)(H,17,18). The van der Waals surface area contributed by atoms with Gasteiger partial charge in [-0.2, -0.15) is 0 Å². The Bertz CT molecular complexity index is 347. The van der Waals surface area contributed by atoms with E-state index in [1.807, 2.05) is 0 Å². The van der Waals surface area contributed by atoms with E-state index in [2.05, 4.69) is 17.1 Å². The molecule has 1 heterocycles. The van der Waals surface area contributed by atoms with Gasteiger partial charge in [0.25, 0.3) is 0 Å². The number of carboxylic acid groups (broad SMARTS) is 1. The average molecular weight is 269 g/mol. The summed E-state index contributed by atoms with van der Waals surface area (Å²) in [6.45, 7) is 6.77. The predicted molar refractivity (Wildman–Crippen MR) is 71.0 cm³/mol. The van der Waals surface area contributed by atoms with E-state index in [1.54, 1.807) is 4.90 Å². The van der Waals surface area contributed by atoms with Gasteiger partial charge >= 0.3 is 12.0 Å². The molecular weight excluding hydrogens is 246 g/mol. The van der Waals surface area contributed by atoms with Crippen LogP contribution in [0.25, 0.3) is 0 Å². The topological polar surface area (TPSA) is 72.9 Å². The smallest absolute Gasteiger partial charge is 0.317 e. The summed E-state index contributed by atoms with van der Waals surface area (Å²) in [6.07, 6.45) is 2.48. The van der Waals surface area contributed by atoms with E-state index in [0.29, 0.717) is 12.8 Å².